The van der Waals surface area contributed by atoms with Crippen molar-refractivity contribution < 1.29 is 77.6 Å². The molecule has 34 heteroatoms. The first-order chi connectivity index (χ1) is 51.9. The molecule has 8 rings (SSSR count). The zero-order valence-corrected chi connectivity index (χ0v) is 59.5. The molecule has 11 atom stereocenters. The molecular weight excluding hydrogens is 1410 g/mol. The number of aliphatic carboxylic acids is 1. The molecule has 2 heterocycles. The van der Waals surface area contributed by atoms with Gasteiger partial charge in [0.2, 0.25) is 76.5 Å². The summed E-state index contributed by atoms with van der Waals surface area (Å²) in [7, 11) is 0. The third-order valence-corrected chi connectivity index (χ3v) is 18.0. The number of nitrogens with zero attached hydrogens (tertiary/aromatic N) is 2. The second-order valence-electron chi connectivity index (χ2n) is 26.5. The Bertz CT molecular complexity index is 4440. The lowest BCUT2D eigenvalue weighted by Gasteiger charge is -2.43. The molecule has 0 aliphatic carbocycles. The van der Waals surface area contributed by atoms with Crippen LogP contribution in [0.5, 0.6) is 11.5 Å². The summed E-state index contributed by atoms with van der Waals surface area (Å²) in [5.41, 5.74) is 22.7. The lowest BCUT2D eigenvalue weighted by Crippen LogP contribution is -2.72. The van der Waals surface area contributed by atoms with Gasteiger partial charge in [0.25, 0.3) is 0 Å². The average molecular weight is 1500 g/mol. The highest BCUT2D eigenvalue weighted by Gasteiger charge is 2.51. The van der Waals surface area contributed by atoms with Gasteiger partial charge in [0.15, 0.2) is 5.96 Å². The Morgan fingerprint density at radius 2 is 1.05 bits per heavy atom. The number of imidazole rings is 1. The number of H-pyrrole nitrogens is 1. The number of hydrogen-bond donors (Lipinski definition) is 19. The maximum Gasteiger partial charge on any atom is 0.350 e. The minimum Gasteiger partial charge on any atom is -0.508 e. The predicted molar refractivity (Wildman–Crippen MR) is 395 cm³/mol. The highest BCUT2D eigenvalue weighted by atomic mass is 16.4. The molecule has 1 aliphatic heterocycles. The standard InChI is InChI=1S/C75H88N18O16/c1-41-64(99)86-56(33-43-14-7-4-8-15-43)72(107)92-75(2,73(108)109)93(60(63(78)98)35-45-22-27-51(95)28-23-45)62(97)38-59(87-65(100)52(76)31-44-20-25-50(94)26-21-44)71(106)90-57(36-49-39-81-40-83-49)70(105)89-54(32-42-12-5-3-6-13-42)68(103)85-53(18-11-29-82-74(79)80)66(101)88-55(69(104)91-58(37-61(77)96)67(102)84-41)34-46-19-24-47-16-9-10-17-48(47)30-46/h3-10,12-17,19-28,30,39-41,52-60,94-95H,11,18,29,31-38,76H2,1-2H3,(H2,77,96)(H2,78,98)(H,81,83)(H,84,102)(H,85,103)(H,86,99)(H,87,100)(H,88,101)(H,89,105)(H,90,106)(H,91,104)(H,92,107)(H,108,109)(H4,79,80,82)/t41-,52-,53-,54+,55+,56-,57-,58-,59-,60-,75?/m0/s1. The number of fused-ring (bicyclic) bond motifs is 1. The number of amides is 12. The third-order valence-electron chi connectivity index (χ3n) is 18.0. The maximum atomic E-state index is 15.9. The van der Waals surface area contributed by atoms with Gasteiger partial charge in [0, 0.05) is 50.5 Å². The van der Waals surface area contributed by atoms with E-state index in [9.17, 15) is 44.1 Å². The SMILES string of the molecule is C[C@@H]1NC(=O)[C@H](CC(N)=O)NC(=O)[C@@H](Cc2ccc3ccccc3c2)NC(=O)[C@H](CCCNC(=N)N)NC(=O)[C@@H](Cc2ccccc2)NC(=O)[C@H](Cc2cnc[nH]2)NC(=O)[C@@H](NC(=O)[C@@H](N)Cc2ccc(O)cc2)CC(=O)N([C@@H](Cc2ccc(O)cc2)C(N)=O)C(C)(C(=O)O)NC(=O)[C@H](Cc2ccccc2)NC1=O. The van der Waals surface area contributed by atoms with Crippen molar-refractivity contribution in [3.63, 3.8) is 0 Å². The Kier molecular flexibility index (Phi) is 28.5. The molecule has 12 amide bonds. The van der Waals surface area contributed by atoms with Crippen LogP contribution in [0.25, 0.3) is 10.8 Å². The number of hydrogen-bond acceptors (Lipinski definition) is 18. The molecule has 574 valence electrons. The summed E-state index contributed by atoms with van der Waals surface area (Å²) in [5.74, 6) is -17.4. The molecule has 0 spiro atoms. The van der Waals surface area contributed by atoms with Gasteiger partial charge >= 0.3 is 5.97 Å². The fourth-order valence-electron chi connectivity index (χ4n) is 12.2. The van der Waals surface area contributed by atoms with Gasteiger partial charge in [-0.2, -0.15) is 0 Å². The van der Waals surface area contributed by atoms with Gasteiger partial charge in [-0.15, -0.1) is 0 Å². The number of phenols is 2. The van der Waals surface area contributed by atoms with Crippen LogP contribution in [0.15, 0.2) is 164 Å². The summed E-state index contributed by atoms with van der Waals surface area (Å²) in [6, 6.07) is 20.7. The largest absolute Gasteiger partial charge is 0.508 e. The molecule has 1 aromatic heterocycles. The number of carbonyl (C=O) groups is 13. The van der Waals surface area contributed by atoms with E-state index in [1.807, 2.05) is 12.1 Å². The topological polar surface area (TPSA) is 563 Å². The third kappa shape index (κ3) is 23.6. The van der Waals surface area contributed by atoms with Gasteiger partial charge in [-0.3, -0.25) is 67.8 Å². The van der Waals surface area contributed by atoms with Crippen LogP contribution in [-0.2, 0) is 101 Å². The minimum absolute atomic E-state index is 0.00854. The summed E-state index contributed by atoms with van der Waals surface area (Å²) in [6.45, 7) is 1.91. The first-order valence-corrected chi connectivity index (χ1v) is 34.7. The van der Waals surface area contributed by atoms with E-state index in [0.29, 0.717) is 27.2 Å². The number of rotatable bonds is 23. The Balaban J connectivity index is 1.30. The first-order valence-electron chi connectivity index (χ1n) is 34.7. The second-order valence-corrected chi connectivity index (χ2v) is 26.5. The number of guanidine groups is 1. The lowest BCUT2D eigenvalue weighted by atomic mass is 9.97. The van der Waals surface area contributed by atoms with E-state index in [1.165, 1.54) is 73.2 Å². The lowest BCUT2D eigenvalue weighted by molar-refractivity contribution is -0.168. The number of primary amides is 2. The number of phenolic OH excluding ortho intramolecular Hbond substituents is 2. The average Bonchev–Trinajstić information content (AvgIpc) is 0.829. The van der Waals surface area contributed by atoms with Crippen LogP contribution in [0.1, 0.15) is 73.0 Å². The predicted octanol–water partition coefficient (Wildman–Crippen LogP) is -1.90. The van der Waals surface area contributed by atoms with Crippen molar-refractivity contribution >= 4 is 93.6 Å². The number of nitrogens with two attached hydrogens (primary N) is 4. The van der Waals surface area contributed by atoms with E-state index >= 15 is 33.6 Å². The van der Waals surface area contributed by atoms with Crippen molar-refractivity contribution in [1.29, 1.82) is 5.41 Å². The number of carboxylic acid groups (broad SMARTS) is 1. The highest BCUT2D eigenvalue weighted by molar-refractivity contribution is 6.02. The normalized spacial score (nSPS) is 21.7. The van der Waals surface area contributed by atoms with Gasteiger partial charge in [0.1, 0.15) is 65.9 Å². The summed E-state index contributed by atoms with van der Waals surface area (Å²) < 4.78 is 0. The zero-order valence-electron chi connectivity index (χ0n) is 59.5. The minimum atomic E-state index is -3.19. The molecule has 23 N–H and O–H groups in total. The molecule has 1 aliphatic rings. The molecule has 0 bridgehead atoms. The van der Waals surface area contributed by atoms with Gasteiger partial charge in [-0.1, -0.05) is 127 Å². The first kappa shape index (κ1) is 81.4. The van der Waals surface area contributed by atoms with E-state index in [4.69, 9.17) is 28.3 Å². The maximum absolute atomic E-state index is 15.9. The smallest absolute Gasteiger partial charge is 0.350 e. The highest BCUT2D eigenvalue weighted by Crippen LogP contribution is 2.25. The number of carbonyl (C=O) groups excluding carboxylic acids is 12. The van der Waals surface area contributed by atoms with Crippen molar-refractivity contribution in [3.8, 4) is 11.5 Å². The van der Waals surface area contributed by atoms with E-state index in [-0.39, 0.29) is 61.4 Å². The number of aromatic nitrogens is 2. The van der Waals surface area contributed by atoms with Gasteiger partial charge in [0.05, 0.1) is 25.2 Å². The molecular formula is C75H88N18O16. The quantitative estimate of drug-likeness (QED) is 0.0189. The molecule has 0 radical (unpaired) electrons. The van der Waals surface area contributed by atoms with Crippen molar-refractivity contribution in [2.24, 2.45) is 22.9 Å². The Hall–Kier alpha value is -13.3. The van der Waals surface area contributed by atoms with Crippen LogP contribution in [0.2, 0.25) is 0 Å². The van der Waals surface area contributed by atoms with Gasteiger partial charge in [-0.05, 0) is 96.0 Å². The molecule has 109 heavy (non-hydrogen) atoms. The van der Waals surface area contributed by atoms with Crippen molar-refractivity contribution in [1.82, 2.24) is 68.0 Å². The number of aromatic amines is 1. The molecule has 1 saturated heterocycles. The van der Waals surface area contributed by atoms with Crippen molar-refractivity contribution in [2.75, 3.05) is 6.54 Å². The van der Waals surface area contributed by atoms with Crippen LogP contribution in [0.4, 0.5) is 0 Å². The molecule has 0 saturated carbocycles. The van der Waals surface area contributed by atoms with Gasteiger partial charge < -0.3 is 96.4 Å². The molecule has 1 unspecified atom stereocenters. The monoisotopic (exact) mass is 1500 g/mol. The fraction of sp³-hybridized carbons (Fsp3) is 0.320. The number of aromatic hydroxyl groups is 2. The van der Waals surface area contributed by atoms with Crippen LogP contribution < -0.4 is 76.1 Å². The second kappa shape index (κ2) is 38.1. The summed E-state index contributed by atoms with van der Waals surface area (Å²) in [4.78, 5) is 200. The summed E-state index contributed by atoms with van der Waals surface area (Å²) >= 11 is 0. The van der Waals surface area contributed by atoms with Gasteiger partial charge in [-0.25, -0.2) is 9.78 Å². The fourth-order valence-corrected chi connectivity index (χ4v) is 12.2. The van der Waals surface area contributed by atoms with Crippen molar-refractivity contribution in [3.05, 3.63) is 198 Å². The molecule has 6 aromatic carbocycles. The Morgan fingerprint density at radius 1 is 0.569 bits per heavy atom. The van der Waals surface area contributed by atoms with E-state index < -0.39 is 181 Å². The summed E-state index contributed by atoms with van der Waals surface area (Å²) in [5, 5.41) is 66.5. The van der Waals surface area contributed by atoms with Crippen molar-refractivity contribution in [2.45, 2.75) is 144 Å². The zero-order chi connectivity index (χ0) is 79.1. The van der Waals surface area contributed by atoms with Crippen LogP contribution in [0, 0.1) is 5.41 Å². The van der Waals surface area contributed by atoms with Crippen LogP contribution in [-0.4, -0.2) is 186 Å². The van der Waals surface area contributed by atoms with E-state index in [1.54, 1.807) is 78.9 Å². The number of nitrogens with one attached hydrogen (secondary N) is 12. The Morgan fingerprint density at radius 3 is 1.59 bits per heavy atom. The Labute approximate surface area is 624 Å². The summed E-state index contributed by atoms with van der Waals surface area (Å²) in [6.07, 6.45) is -2.50. The van der Waals surface area contributed by atoms with Crippen LogP contribution in [0.3, 0.4) is 0 Å². The molecule has 1 fully saturated rings. The number of benzene rings is 6. The molecule has 34 nitrogen and oxygen atoms in total. The number of carboxylic acids is 1. The molecule has 7 aromatic rings. The van der Waals surface area contributed by atoms with Crippen LogP contribution >= 0.6 is 0 Å². The van der Waals surface area contributed by atoms with E-state index in [0.717, 1.165) is 24.6 Å². The van der Waals surface area contributed by atoms with E-state index in [2.05, 4.69) is 63.1 Å².